The highest BCUT2D eigenvalue weighted by molar-refractivity contribution is 7.89. The van der Waals surface area contributed by atoms with Crippen LogP contribution in [0.25, 0.3) is 0 Å². The Morgan fingerprint density at radius 2 is 1.86 bits per heavy atom. The molecule has 0 unspecified atom stereocenters. The lowest BCUT2D eigenvalue weighted by molar-refractivity contribution is -0.116. The van der Waals surface area contributed by atoms with E-state index in [2.05, 4.69) is 5.32 Å². The number of aromatic nitrogens is 1. The van der Waals surface area contributed by atoms with Crippen molar-refractivity contribution in [1.82, 2.24) is 8.87 Å². The second kappa shape index (κ2) is 9.23. The maximum absolute atomic E-state index is 12.9. The number of hydrogen-bond acceptors (Lipinski definition) is 5. The van der Waals surface area contributed by atoms with Gasteiger partial charge in [0.25, 0.3) is 0 Å². The van der Waals surface area contributed by atoms with Gasteiger partial charge >= 0.3 is 4.87 Å². The van der Waals surface area contributed by atoms with E-state index in [-0.39, 0.29) is 28.1 Å². The Morgan fingerprint density at radius 3 is 2.45 bits per heavy atom. The third-order valence-electron chi connectivity index (χ3n) is 5.44. The molecule has 0 aliphatic heterocycles. The third kappa shape index (κ3) is 5.15. The predicted octanol–water partition coefficient (Wildman–Crippen LogP) is 3.20. The molecule has 7 nitrogen and oxygen atoms in total. The van der Waals surface area contributed by atoms with Gasteiger partial charge in [0.2, 0.25) is 15.9 Å². The van der Waals surface area contributed by atoms with E-state index in [1.807, 2.05) is 6.92 Å². The zero-order chi connectivity index (χ0) is 21.0. The highest BCUT2D eigenvalue weighted by Crippen LogP contribution is 2.27. The monoisotopic (exact) mass is 437 g/mol. The molecule has 1 fully saturated rings. The van der Waals surface area contributed by atoms with Gasteiger partial charge in [-0.3, -0.25) is 9.59 Å². The first-order valence-electron chi connectivity index (χ1n) is 9.82. The van der Waals surface area contributed by atoms with Crippen molar-refractivity contribution in [3.05, 3.63) is 45.0 Å². The second-order valence-corrected chi connectivity index (χ2v) is 10.2. The molecular weight excluding hydrogens is 410 g/mol. The lowest BCUT2D eigenvalue weighted by Crippen LogP contribution is -2.38. The van der Waals surface area contributed by atoms with Crippen molar-refractivity contribution in [2.24, 2.45) is 0 Å². The average molecular weight is 438 g/mol. The van der Waals surface area contributed by atoms with Crippen LogP contribution >= 0.6 is 11.3 Å². The van der Waals surface area contributed by atoms with Crippen LogP contribution in [-0.4, -0.2) is 36.3 Å². The molecule has 3 rings (SSSR count). The van der Waals surface area contributed by atoms with Crippen LogP contribution in [0.3, 0.4) is 0 Å². The lowest BCUT2D eigenvalue weighted by Gasteiger charge is -2.30. The number of anilines is 1. The highest BCUT2D eigenvalue weighted by atomic mass is 32.2. The van der Waals surface area contributed by atoms with Crippen molar-refractivity contribution >= 4 is 33.0 Å². The Labute approximate surface area is 175 Å². The van der Waals surface area contributed by atoms with Crippen molar-refractivity contribution in [2.75, 3.05) is 12.4 Å². The van der Waals surface area contributed by atoms with Crippen LogP contribution in [0.5, 0.6) is 0 Å². The summed E-state index contributed by atoms with van der Waals surface area (Å²) in [6.07, 6.45) is 5.26. The quantitative estimate of drug-likeness (QED) is 0.720. The standard InChI is InChI=1S/C20H27N3O4S2/c1-15-14-28-20(25)23(15)13-12-19(24)21-16-8-10-18(11-9-16)29(26,27)22(2)17-6-4-3-5-7-17/h8-11,14,17H,3-7,12-13H2,1-2H3,(H,21,24). The van der Waals surface area contributed by atoms with Crippen LogP contribution in [0.2, 0.25) is 0 Å². The number of amides is 1. The fourth-order valence-corrected chi connectivity index (χ4v) is 5.81. The van der Waals surface area contributed by atoms with Crippen LogP contribution in [0, 0.1) is 6.92 Å². The maximum atomic E-state index is 12.9. The molecule has 1 aromatic carbocycles. The second-order valence-electron chi connectivity index (χ2n) is 7.43. The number of thiazole rings is 1. The minimum absolute atomic E-state index is 0.0529. The van der Waals surface area contributed by atoms with Gasteiger partial charge in [-0.05, 0) is 44.0 Å². The minimum atomic E-state index is -3.55. The van der Waals surface area contributed by atoms with E-state index in [9.17, 15) is 18.0 Å². The molecule has 0 radical (unpaired) electrons. The molecule has 1 saturated carbocycles. The Balaban J connectivity index is 1.60. The van der Waals surface area contributed by atoms with E-state index < -0.39 is 10.0 Å². The predicted molar refractivity (Wildman–Crippen MR) is 115 cm³/mol. The zero-order valence-corrected chi connectivity index (χ0v) is 18.4. The third-order valence-corrected chi connectivity index (χ3v) is 8.25. The van der Waals surface area contributed by atoms with E-state index in [0.29, 0.717) is 12.2 Å². The summed E-state index contributed by atoms with van der Waals surface area (Å²) in [6, 6.07) is 6.30. The Morgan fingerprint density at radius 1 is 1.21 bits per heavy atom. The largest absolute Gasteiger partial charge is 0.326 e. The molecule has 1 N–H and O–H groups in total. The molecule has 1 aromatic heterocycles. The van der Waals surface area contributed by atoms with E-state index >= 15 is 0 Å². The summed E-state index contributed by atoms with van der Waals surface area (Å²) in [6.45, 7) is 2.15. The molecule has 29 heavy (non-hydrogen) atoms. The number of sulfonamides is 1. The molecule has 1 aliphatic carbocycles. The number of nitrogens with one attached hydrogen (secondary N) is 1. The first kappa shape index (κ1) is 21.7. The fourth-order valence-electron chi connectivity index (χ4n) is 3.63. The number of carbonyl (C=O) groups is 1. The first-order valence-corrected chi connectivity index (χ1v) is 12.1. The van der Waals surface area contributed by atoms with Crippen LogP contribution < -0.4 is 10.2 Å². The summed E-state index contributed by atoms with van der Waals surface area (Å²) in [5, 5.41) is 4.52. The summed E-state index contributed by atoms with van der Waals surface area (Å²) in [7, 11) is -1.90. The highest BCUT2D eigenvalue weighted by Gasteiger charge is 2.28. The van der Waals surface area contributed by atoms with Gasteiger partial charge < -0.3 is 9.88 Å². The summed E-state index contributed by atoms with van der Waals surface area (Å²) in [5.74, 6) is -0.225. The van der Waals surface area contributed by atoms with Gasteiger partial charge in [-0.15, -0.1) is 0 Å². The number of hydrogen-bond donors (Lipinski definition) is 1. The van der Waals surface area contributed by atoms with Crippen molar-refractivity contribution in [2.45, 2.75) is 62.9 Å². The number of nitrogens with zero attached hydrogens (tertiary/aromatic N) is 2. The summed E-state index contributed by atoms with van der Waals surface area (Å²) < 4.78 is 28.8. The zero-order valence-electron chi connectivity index (χ0n) is 16.8. The van der Waals surface area contributed by atoms with Gasteiger partial charge in [0.05, 0.1) is 4.90 Å². The summed E-state index contributed by atoms with van der Waals surface area (Å²) in [5.41, 5.74) is 1.37. The number of aryl methyl sites for hydroxylation is 1. The molecule has 0 saturated heterocycles. The Hall–Kier alpha value is -1.97. The summed E-state index contributed by atoms with van der Waals surface area (Å²) >= 11 is 1.12. The molecule has 1 heterocycles. The number of rotatable bonds is 7. The molecule has 0 spiro atoms. The molecule has 9 heteroatoms. The van der Waals surface area contributed by atoms with Gasteiger partial charge in [-0.2, -0.15) is 4.31 Å². The van der Waals surface area contributed by atoms with Gasteiger partial charge in [-0.25, -0.2) is 8.42 Å². The van der Waals surface area contributed by atoms with Gasteiger partial charge in [-0.1, -0.05) is 30.6 Å². The molecule has 1 amide bonds. The van der Waals surface area contributed by atoms with E-state index in [4.69, 9.17) is 0 Å². The van der Waals surface area contributed by atoms with Crippen molar-refractivity contribution in [1.29, 1.82) is 0 Å². The van der Waals surface area contributed by atoms with Crippen LogP contribution in [0.15, 0.2) is 39.3 Å². The van der Waals surface area contributed by atoms with Gasteiger partial charge in [0.15, 0.2) is 0 Å². The molecular formula is C20H27N3O4S2. The molecule has 158 valence electrons. The maximum Gasteiger partial charge on any atom is 0.307 e. The fraction of sp³-hybridized carbons (Fsp3) is 0.500. The van der Waals surface area contributed by atoms with Crippen molar-refractivity contribution in [3.63, 3.8) is 0 Å². The SMILES string of the molecule is Cc1csc(=O)n1CCC(=O)Nc1ccc(S(=O)(=O)N(C)C2CCCCC2)cc1. The van der Waals surface area contributed by atoms with Crippen molar-refractivity contribution in [3.8, 4) is 0 Å². The Bertz CT molecular complexity index is 1000. The molecule has 2 aromatic rings. The number of benzene rings is 1. The lowest BCUT2D eigenvalue weighted by atomic mass is 9.96. The number of carbonyl (C=O) groups excluding carboxylic acids is 1. The minimum Gasteiger partial charge on any atom is -0.326 e. The van der Waals surface area contributed by atoms with Gasteiger partial charge in [0.1, 0.15) is 0 Å². The van der Waals surface area contributed by atoms with Crippen LogP contribution in [0.4, 0.5) is 5.69 Å². The van der Waals surface area contributed by atoms with E-state index in [1.165, 1.54) is 22.9 Å². The van der Waals surface area contributed by atoms with Crippen LogP contribution in [-0.2, 0) is 21.4 Å². The molecule has 0 atom stereocenters. The topological polar surface area (TPSA) is 88.5 Å². The van der Waals surface area contributed by atoms with E-state index in [0.717, 1.165) is 42.7 Å². The average Bonchev–Trinajstić information content (AvgIpc) is 3.04. The van der Waals surface area contributed by atoms with Crippen LogP contribution in [0.1, 0.15) is 44.2 Å². The molecule has 0 bridgehead atoms. The Kier molecular flexibility index (Phi) is 6.92. The first-order chi connectivity index (χ1) is 13.8. The smallest absolute Gasteiger partial charge is 0.307 e. The van der Waals surface area contributed by atoms with E-state index in [1.54, 1.807) is 29.1 Å². The van der Waals surface area contributed by atoms with Gasteiger partial charge in [0, 0.05) is 42.8 Å². The van der Waals surface area contributed by atoms with Crippen molar-refractivity contribution < 1.29 is 13.2 Å². The molecule has 1 aliphatic rings. The normalized spacial score (nSPS) is 15.6. The summed E-state index contributed by atoms with van der Waals surface area (Å²) in [4.78, 5) is 24.0.